The quantitative estimate of drug-likeness (QED) is 0.702. The predicted octanol–water partition coefficient (Wildman–Crippen LogP) is 3.13. The fraction of sp³-hybridized carbons (Fsp3) is 0.286. The number of anilines is 1. The van der Waals surface area contributed by atoms with E-state index in [1.807, 2.05) is 6.92 Å². The highest BCUT2D eigenvalue weighted by molar-refractivity contribution is 7.91. The minimum Gasteiger partial charge on any atom is -0.322 e. The van der Waals surface area contributed by atoms with Crippen LogP contribution in [0.3, 0.4) is 0 Å². The van der Waals surface area contributed by atoms with Crippen LogP contribution in [-0.4, -0.2) is 43.3 Å². The van der Waals surface area contributed by atoms with Gasteiger partial charge in [0.15, 0.2) is 9.84 Å². The first-order chi connectivity index (χ1) is 13.8. The van der Waals surface area contributed by atoms with Crippen LogP contribution in [0.25, 0.3) is 0 Å². The van der Waals surface area contributed by atoms with E-state index in [4.69, 9.17) is 0 Å². The number of hydrogen-bond acceptors (Lipinski definition) is 5. The number of rotatable bonds is 7. The molecule has 8 heteroatoms. The van der Waals surface area contributed by atoms with Gasteiger partial charge in [0.05, 0.1) is 21.8 Å². The van der Waals surface area contributed by atoms with E-state index in [-0.39, 0.29) is 33.6 Å². The zero-order valence-corrected chi connectivity index (χ0v) is 17.1. The van der Waals surface area contributed by atoms with Gasteiger partial charge in [0.1, 0.15) is 0 Å². The molecular formula is C21H22N2O5S. The van der Waals surface area contributed by atoms with Gasteiger partial charge in [-0.3, -0.25) is 19.3 Å². The minimum atomic E-state index is -3.31. The molecular weight excluding hydrogens is 392 g/mol. The first-order valence-electron chi connectivity index (χ1n) is 9.43. The Labute approximate surface area is 169 Å². The molecule has 0 bridgehead atoms. The number of nitrogens with zero attached hydrogens (tertiary/aromatic N) is 1. The second kappa shape index (κ2) is 8.16. The lowest BCUT2D eigenvalue weighted by atomic mass is 10.1. The fourth-order valence-electron chi connectivity index (χ4n) is 3.07. The van der Waals surface area contributed by atoms with Gasteiger partial charge in [-0.05, 0) is 48.9 Å². The summed E-state index contributed by atoms with van der Waals surface area (Å²) in [6, 6.07) is 10.3. The third-order valence-electron chi connectivity index (χ3n) is 4.82. The molecule has 2 aromatic carbocycles. The van der Waals surface area contributed by atoms with E-state index in [0.717, 1.165) is 12.8 Å². The maximum atomic E-state index is 12.6. The highest BCUT2D eigenvalue weighted by atomic mass is 32.2. The van der Waals surface area contributed by atoms with E-state index in [9.17, 15) is 22.8 Å². The van der Waals surface area contributed by atoms with E-state index < -0.39 is 15.7 Å². The Bertz CT molecular complexity index is 1070. The molecule has 0 saturated carbocycles. The Kier molecular flexibility index (Phi) is 5.83. The first kappa shape index (κ1) is 20.7. The van der Waals surface area contributed by atoms with Gasteiger partial charge in [-0.25, -0.2) is 8.42 Å². The summed E-state index contributed by atoms with van der Waals surface area (Å²) in [4.78, 5) is 38.9. The smallest absolute Gasteiger partial charge is 0.261 e. The second-order valence-electron chi connectivity index (χ2n) is 6.76. The van der Waals surface area contributed by atoms with Crippen LogP contribution in [0.4, 0.5) is 5.69 Å². The molecule has 0 aliphatic carbocycles. The third-order valence-corrected chi connectivity index (χ3v) is 6.57. The average Bonchev–Trinajstić information content (AvgIpc) is 2.96. The molecule has 3 amide bonds. The van der Waals surface area contributed by atoms with Gasteiger partial charge in [-0.2, -0.15) is 0 Å². The molecule has 0 aromatic heterocycles. The summed E-state index contributed by atoms with van der Waals surface area (Å²) < 4.78 is 23.7. The van der Waals surface area contributed by atoms with E-state index in [1.165, 1.54) is 47.4 Å². The van der Waals surface area contributed by atoms with Crippen molar-refractivity contribution in [3.8, 4) is 0 Å². The van der Waals surface area contributed by atoms with Gasteiger partial charge in [0.25, 0.3) is 17.7 Å². The van der Waals surface area contributed by atoms with Crippen molar-refractivity contribution in [2.45, 2.75) is 31.6 Å². The SMILES string of the molecule is CCCCN1C(=O)c2ccc(C(=O)Nc3ccc(S(=O)(=O)CC)cc3)cc2C1=O. The van der Waals surface area contributed by atoms with Crippen molar-refractivity contribution in [3.63, 3.8) is 0 Å². The molecule has 1 heterocycles. The van der Waals surface area contributed by atoms with E-state index in [0.29, 0.717) is 17.8 Å². The maximum Gasteiger partial charge on any atom is 0.261 e. The normalized spacial score (nSPS) is 13.5. The highest BCUT2D eigenvalue weighted by Gasteiger charge is 2.35. The molecule has 0 radical (unpaired) electrons. The zero-order chi connectivity index (χ0) is 21.2. The summed E-state index contributed by atoms with van der Waals surface area (Å²) in [5.74, 6) is -1.18. The van der Waals surface area contributed by atoms with Gasteiger partial charge in [0.2, 0.25) is 0 Å². The zero-order valence-electron chi connectivity index (χ0n) is 16.3. The van der Waals surface area contributed by atoms with Crippen molar-refractivity contribution in [2.75, 3.05) is 17.6 Å². The average molecular weight is 414 g/mol. The lowest BCUT2D eigenvalue weighted by Crippen LogP contribution is -2.30. The molecule has 0 atom stereocenters. The van der Waals surface area contributed by atoms with Gasteiger partial charge in [-0.1, -0.05) is 20.3 Å². The van der Waals surface area contributed by atoms with E-state index in [2.05, 4.69) is 5.32 Å². The lowest BCUT2D eigenvalue weighted by Gasteiger charge is -2.12. The van der Waals surface area contributed by atoms with Crippen LogP contribution in [0.1, 0.15) is 57.8 Å². The first-order valence-corrected chi connectivity index (χ1v) is 11.1. The van der Waals surface area contributed by atoms with Crippen molar-refractivity contribution >= 4 is 33.2 Å². The molecule has 152 valence electrons. The number of amides is 3. The van der Waals surface area contributed by atoms with Crippen LogP contribution in [0.2, 0.25) is 0 Å². The Hall–Kier alpha value is -3.00. The third kappa shape index (κ3) is 4.07. The number of sulfone groups is 1. The van der Waals surface area contributed by atoms with Crippen molar-refractivity contribution in [1.29, 1.82) is 0 Å². The second-order valence-corrected chi connectivity index (χ2v) is 9.04. The number of fused-ring (bicyclic) bond motifs is 1. The van der Waals surface area contributed by atoms with Crippen LogP contribution in [-0.2, 0) is 9.84 Å². The highest BCUT2D eigenvalue weighted by Crippen LogP contribution is 2.25. The Morgan fingerprint density at radius 1 is 0.966 bits per heavy atom. The van der Waals surface area contributed by atoms with Crippen molar-refractivity contribution in [2.24, 2.45) is 0 Å². The summed E-state index contributed by atoms with van der Waals surface area (Å²) >= 11 is 0. The van der Waals surface area contributed by atoms with E-state index >= 15 is 0 Å². The molecule has 0 spiro atoms. The van der Waals surface area contributed by atoms with Gasteiger partial charge < -0.3 is 5.32 Å². The summed E-state index contributed by atoms with van der Waals surface area (Å²) in [5, 5.41) is 2.67. The van der Waals surface area contributed by atoms with Crippen LogP contribution in [0.5, 0.6) is 0 Å². The topological polar surface area (TPSA) is 101 Å². The largest absolute Gasteiger partial charge is 0.322 e. The molecule has 0 unspecified atom stereocenters. The molecule has 1 aliphatic rings. The number of carbonyl (C=O) groups is 3. The molecule has 1 aliphatic heterocycles. The van der Waals surface area contributed by atoms with Crippen LogP contribution < -0.4 is 5.32 Å². The van der Waals surface area contributed by atoms with Crippen molar-refractivity contribution < 1.29 is 22.8 Å². The van der Waals surface area contributed by atoms with E-state index in [1.54, 1.807) is 6.92 Å². The number of nitrogens with one attached hydrogen (secondary N) is 1. The fourth-order valence-corrected chi connectivity index (χ4v) is 3.95. The molecule has 29 heavy (non-hydrogen) atoms. The van der Waals surface area contributed by atoms with Gasteiger partial charge in [0, 0.05) is 17.8 Å². The summed E-state index contributed by atoms with van der Waals surface area (Å²) in [6.45, 7) is 3.90. The number of imide groups is 1. The predicted molar refractivity (Wildman–Crippen MR) is 109 cm³/mol. The lowest BCUT2D eigenvalue weighted by molar-refractivity contribution is 0.0652. The van der Waals surface area contributed by atoms with Crippen molar-refractivity contribution in [1.82, 2.24) is 4.90 Å². The summed E-state index contributed by atoms with van der Waals surface area (Å²) in [5.41, 5.74) is 1.20. The number of hydrogen-bond donors (Lipinski definition) is 1. The minimum absolute atomic E-state index is 0.00411. The number of carbonyl (C=O) groups excluding carboxylic acids is 3. The van der Waals surface area contributed by atoms with Crippen LogP contribution >= 0.6 is 0 Å². The van der Waals surface area contributed by atoms with Gasteiger partial charge in [-0.15, -0.1) is 0 Å². The Morgan fingerprint density at radius 3 is 2.24 bits per heavy atom. The summed E-state index contributed by atoms with van der Waals surface area (Å²) in [6.07, 6.45) is 1.59. The molecule has 0 fully saturated rings. The Balaban J connectivity index is 1.78. The molecule has 1 N–H and O–H groups in total. The standard InChI is InChI=1S/C21H22N2O5S/c1-3-5-12-23-20(25)17-11-6-14(13-18(17)21(23)26)19(24)22-15-7-9-16(10-8-15)29(27,28)4-2/h6-11,13H,3-5,12H2,1-2H3,(H,22,24). The van der Waals surface area contributed by atoms with Gasteiger partial charge >= 0.3 is 0 Å². The van der Waals surface area contributed by atoms with Crippen LogP contribution in [0, 0.1) is 0 Å². The molecule has 2 aromatic rings. The van der Waals surface area contributed by atoms with Crippen molar-refractivity contribution in [3.05, 3.63) is 59.2 Å². The van der Waals surface area contributed by atoms with Crippen LogP contribution in [0.15, 0.2) is 47.4 Å². The molecule has 3 rings (SSSR count). The molecule has 0 saturated heterocycles. The number of unbranched alkanes of at least 4 members (excludes halogenated alkanes) is 1. The Morgan fingerprint density at radius 2 is 1.62 bits per heavy atom. The number of benzene rings is 2. The maximum absolute atomic E-state index is 12.6. The monoisotopic (exact) mass is 414 g/mol. The molecule has 7 nitrogen and oxygen atoms in total. The summed E-state index contributed by atoms with van der Waals surface area (Å²) in [7, 11) is -3.31.